The zero-order valence-corrected chi connectivity index (χ0v) is 12.2. The van der Waals surface area contributed by atoms with Gasteiger partial charge in [-0.15, -0.1) is 0 Å². The quantitative estimate of drug-likeness (QED) is 0.547. The van der Waals surface area contributed by atoms with Crippen molar-refractivity contribution in [3.63, 3.8) is 0 Å². The molecule has 6 nitrogen and oxygen atoms in total. The summed E-state index contributed by atoms with van der Waals surface area (Å²) in [5, 5.41) is 6.64. The van der Waals surface area contributed by atoms with Crippen LogP contribution in [-0.2, 0) is 4.74 Å². The third-order valence-electron chi connectivity index (χ3n) is 3.68. The van der Waals surface area contributed by atoms with Crippen molar-refractivity contribution in [2.45, 2.75) is 44.6 Å². The molecule has 1 aliphatic rings. The van der Waals surface area contributed by atoms with Crippen molar-refractivity contribution in [1.82, 2.24) is 9.97 Å². The fourth-order valence-electron chi connectivity index (χ4n) is 2.54. The molecule has 0 radical (unpaired) electrons. The lowest BCUT2D eigenvalue weighted by Gasteiger charge is -2.19. The summed E-state index contributed by atoms with van der Waals surface area (Å²) in [7, 11) is 1.67. The van der Waals surface area contributed by atoms with E-state index in [1.807, 2.05) is 0 Å². The van der Waals surface area contributed by atoms with Gasteiger partial charge in [0, 0.05) is 19.7 Å². The SMILES string of the molecule is COCCNc1ncnc(NC2CCCCCC2)c1N. The third-order valence-corrected chi connectivity index (χ3v) is 3.68. The Morgan fingerprint density at radius 3 is 2.60 bits per heavy atom. The third kappa shape index (κ3) is 4.23. The topological polar surface area (TPSA) is 85.1 Å². The van der Waals surface area contributed by atoms with E-state index >= 15 is 0 Å². The van der Waals surface area contributed by atoms with Crippen LogP contribution in [0.4, 0.5) is 17.3 Å². The van der Waals surface area contributed by atoms with Gasteiger partial charge in [0.05, 0.1) is 6.61 Å². The van der Waals surface area contributed by atoms with Crippen molar-refractivity contribution in [2.24, 2.45) is 0 Å². The van der Waals surface area contributed by atoms with Crippen LogP contribution in [0, 0.1) is 0 Å². The van der Waals surface area contributed by atoms with Crippen molar-refractivity contribution < 1.29 is 4.74 Å². The van der Waals surface area contributed by atoms with Crippen molar-refractivity contribution >= 4 is 17.3 Å². The van der Waals surface area contributed by atoms with E-state index in [0.717, 1.165) is 5.82 Å². The van der Waals surface area contributed by atoms with E-state index < -0.39 is 0 Å². The standard InChI is InChI=1S/C14H25N5O/c1-20-9-8-16-13-12(15)14(18-10-17-13)19-11-6-4-2-3-5-7-11/h10-11H,2-9,15H2,1H3,(H2,16,17,18,19). The number of nitrogen functional groups attached to an aromatic ring is 1. The number of ether oxygens (including phenoxy) is 1. The molecule has 0 spiro atoms. The molecule has 0 aliphatic heterocycles. The van der Waals surface area contributed by atoms with E-state index in [-0.39, 0.29) is 0 Å². The summed E-state index contributed by atoms with van der Waals surface area (Å²) in [6, 6.07) is 0.474. The molecule has 1 saturated carbocycles. The minimum absolute atomic E-state index is 0.474. The molecule has 0 bridgehead atoms. The molecule has 1 aromatic rings. The monoisotopic (exact) mass is 279 g/mol. The predicted molar refractivity (Wildman–Crippen MR) is 81.9 cm³/mol. The normalized spacial score (nSPS) is 16.6. The van der Waals surface area contributed by atoms with Gasteiger partial charge in [0.15, 0.2) is 11.6 Å². The van der Waals surface area contributed by atoms with Crippen LogP contribution in [0.5, 0.6) is 0 Å². The molecular weight excluding hydrogens is 254 g/mol. The van der Waals surface area contributed by atoms with Gasteiger partial charge in [0.2, 0.25) is 0 Å². The molecule has 20 heavy (non-hydrogen) atoms. The summed E-state index contributed by atoms with van der Waals surface area (Å²) in [6.07, 6.45) is 9.15. The molecule has 1 aliphatic carbocycles. The highest BCUT2D eigenvalue weighted by molar-refractivity contribution is 5.74. The first-order valence-electron chi connectivity index (χ1n) is 7.41. The van der Waals surface area contributed by atoms with Crippen molar-refractivity contribution in [1.29, 1.82) is 0 Å². The van der Waals surface area contributed by atoms with Gasteiger partial charge in [0.1, 0.15) is 12.0 Å². The van der Waals surface area contributed by atoms with E-state index in [0.29, 0.717) is 30.7 Å². The number of hydrogen-bond acceptors (Lipinski definition) is 6. The van der Waals surface area contributed by atoms with Crippen LogP contribution in [-0.4, -0.2) is 36.3 Å². The molecule has 2 rings (SSSR count). The van der Waals surface area contributed by atoms with Gasteiger partial charge < -0.3 is 21.1 Å². The van der Waals surface area contributed by atoms with E-state index in [2.05, 4.69) is 20.6 Å². The molecule has 1 heterocycles. The van der Waals surface area contributed by atoms with Gasteiger partial charge >= 0.3 is 0 Å². The maximum Gasteiger partial charge on any atom is 0.155 e. The molecule has 0 aromatic carbocycles. The molecule has 0 atom stereocenters. The van der Waals surface area contributed by atoms with Crippen LogP contribution < -0.4 is 16.4 Å². The van der Waals surface area contributed by atoms with Gasteiger partial charge in [0.25, 0.3) is 0 Å². The Kier molecular flexibility index (Phi) is 5.86. The summed E-state index contributed by atoms with van der Waals surface area (Å²) in [5.74, 6) is 1.42. The number of nitrogens with two attached hydrogens (primary N) is 1. The van der Waals surface area contributed by atoms with Crippen molar-refractivity contribution in [3.8, 4) is 0 Å². The van der Waals surface area contributed by atoms with Crippen LogP contribution in [0.3, 0.4) is 0 Å². The summed E-state index contributed by atoms with van der Waals surface area (Å²) in [6.45, 7) is 1.30. The van der Waals surface area contributed by atoms with Crippen LogP contribution in [0.1, 0.15) is 38.5 Å². The Hall–Kier alpha value is -1.56. The fourth-order valence-corrected chi connectivity index (χ4v) is 2.54. The lowest BCUT2D eigenvalue weighted by Crippen LogP contribution is -2.21. The zero-order valence-electron chi connectivity index (χ0n) is 12.2. The Bertz CT molecular complexity index is 405. The molecule has 4 N–H and O–H groups in total. The van der Waals surface area contributed by atoms with Gasteiger partial charge in [-0.1, -0.05) is 25.7 Å². The minimum atomic E-state index is 0.474. The number of methoxy groups -OCH3 is 1. The summed E-state index contributed by atoms with van der Waals surface area (Å²) in [5.41, 5.74) is 6.72. The van der Waals surface area contributed by atoms with E-state index in [1.165, 1.54) is 38.5 Å². The summed E-state index contributed by atoms with van der Waals surface area (Å²) in [4.78, 5) is 8.45. The lowest BCUT2D eigenvalue weighted by molar-refractivity contribution is 0.210. The molecule has 112 valence electrons. The summed E-state index contributed by atoms with van der Waals surface area (Å²) >= 11 is 0. The Morgan fingerprint density at radius 2 is 1.90 bits per heavy atom. The van der Waals surface area contributed by atoms with Crippen LogP contribution >= 0.6 is 0 Å². The largest absolute Gasteiger partial charge is 0.393 e. The second kappa shape index (κ2) is 7.89. The van der Waals surface area contributed by atoms with Crippen LogP contribution in [0.2, 0.25) is 0 Å². The molecular formula is C14H25N5O. The average Bonchev–Trinajstić information content (AvgIpc) is 2.72. The highest BCUT2D eigenvalue weighted by Gasteiger charge is 2.15. The van der Waals surface area contributed by atoms with E-state index in [9.17, 15) is 0 Å². The molecule has 1 aromatic heterocycles. The second-order valence-electron chi connectivity index (χ2n) is 5.24. The fraction of sp³-hybridized carbons (Fsp3) is 0.714. The van der Waals surface area contributed by atoms with Crippen molar-refractivity contribution in [3.05, 3.63) is 6.33 Å². The zero-order chi connectivity index (χ0) is 14.2. The Morgan fingerprint density at radius 1 is 1.20 bits per heavy atom. The van der Waals surface area contributed by atoms with Crippen LogP contribution in [0.25, 0.3) is 0 Å². The van der Waals surface area contributed by atoms with Gasteiger partial charge in [-0.05, 0) is 12.8 Å². The predicted octanol–water partition coefficient (Wildman–Crippen LogP) is 2.25. The first-order valence-corrected chi connectivity index (χ1v) is 7.41. The highest BCUT2D eigenvalue weighted by atomic mass is 16.5. The van der Waals surface area contributed by atoms with E-state index in [4.69, 9.17) is 10.5 Å². The molecule has 1 fully saturated rings. The van der Waals surface area contributed by atoms with E-state index in [1.54, 1.807) is 13.4 Å². The number of rotatable bonds is 6. The van der Waals surface area contributed by atoms with Gasteiger partial charge in [-0.3, -0.25) is 0 Å². The molecule has 0 amide bonds. The Balaban J connectivity index is 1.98. The number of nitrogens with one attached hydrogen (secondary N) is 2. The molecule has 0 unspecified atom stereocenters. The lowest BCUT2D eigenvalue weighted by atomic mass is 10.1. The first kappa shape index (κ1) is 14.8. The van der Waals surface area contributed by atoms with Gasteiger partial charge in [-0.25, -0.2) is 9.97 Å². The Labute approximate surface area is 120 Å². The summed E-state index contributed by atoms with van der Waals surface area (Å²) < 4.78 is 5.01. The van der Waals surface area contributed by atoms with Crippen molar-refractivity contribution in [2.75, 3.05) is 36.6 Å². The highest BCUT2D eigenvalue weighted by Crippen LogP contribution is 2.26. The second-order valence-corrected chi connectivity index (χ2v) is 5.24. The molecule has 0 saturated heterocycles. The first-order chi connectivity index (χ1) is 9.81. The van der Waals surface area contributed by atoms with Crippen LogP contribution in [0.15, 0.2) is 6.33 Å². The van der Waals surface area contributed by atoms with Gasteiger partial charge in [-0.2, -0.15) is 0 Å². The molecule has 6 heteroatoms. The maximum atomic E-state index is 6.13. The number of hydrogen-bond donors (Lipinski definition) is 3. The number of anilines is 3. The average molecular weight is 279 g/mol. The smallest absolute Gasteiger partial charge is 0.155 e. The number of aromatic nitrogens is 2. The minimum Gasteiger partial charge on any atom is -0.393 e. The number of nitrogens with zero attached hydrogens (tertiary/aromatic N) is 2. The maximum absolute atomic E-state index is 6.13.